The minimum Gasteiger partial charge on any atom is -0.394 e. The maximum absolute atomic E-state index is 11.9. The number of aliphatic hydroxyl groups excluding tert-OH is 2. The van der Waals surface area contributed by atoms with Crippen LogP contribution in [0, 0.1) is 0 Å². The second-order valence-electron chi connectivity index (χ2n) is 3.95. The van der Waals surface area contributed by atoms with Gasteiger partial charge in [-0.25, -0.2) is 0 Å². The molecule has 0 aromatic heterocycles. The lowest BCUT2D eigenvalue weighted by atomic mass is 9.95. The topological polar surface area (TPSA) is 69.6 Å². The van der Waals surface area contributed by atoms with E-state index >= 15 is 0 Å². The third kappa shape index (κ3) is 4.17. The van der Waals surface area contributed by atoms with Crippen molar-refractivity contribution in [2.45, 2.75) is 25.4 Å². The number of amides is 1. The second kappa shape index (κ2) is 7.04. The van der Waals surface area contributed by atoms with Gasteiger partial charge in [0.25, 0.3) is 0 Å². The van der Waals surface area contributed by atoms with Crippen LogP contribution in [0.3, 0.4) is 0 Å². The van der Waals surface area contributed by atoms with Gasteiger partial charge in [-0.3, -0.25) is 4.79 Å². The van der Waals surface area contributed by atoms with E-state index in [1.165, 1.54) is 0 Å². The number of carbonyl (C=O) groups is 1. The number of hydrogen-bond donors (Lipinski definition) is 3. The predicted molar refractivity (Wildman–Crippen MR) is 65.6 cm³/mol. The zero-order valence-electron chi connectivity index (χ0n) is 9.97. The Morgan fingerprint density at radius 3 is 2.53 bits per heavy atom. The molecule has 0 radical (unpaired) electrons. The summed E-state index contributed by atoms with van der Waals surface area (Å²) in [6.07, 6.45) is -0.197. The first-order valence-corrected chi connectivity index (χ1v) is 5.80. The van der Waals surface area contributed by atoms with Crippen molar-refractivity contribution in [3.05, 3.63) is 35.9 Å². The molecule has 1 aromatic carbocycles. The fourth-order valence-corrected chi connectivity index (χ4v) is 1.66. The van der Waals surface area contributed by atoms with Gasteiger partial charge in [0, 0.05) is 6.54 Å². The Kier molecular flexibility index (Phi) is 5.66. The van der Waals surface area contributed by atoms with Crippen molar-refractivity contribution in [3.63, 3.8) is 0 Å². The number of nitrogens with one attached hydrogen (secondary N) is 1. The quantitative estimate of drug-likeness (QED) is 0.680. The van der Waals surface area contributed by atoms with Gasteiger partial charge in [0.2, 0.25) is 5.91 Å². The summed E-state index contributed by atoms with van der Waals surface area (Å²) in [6, 6.07) is 9.53. The van der Waals surface area contributed by atoms with Crippen LogP contribution in [-0.4, -0.2) is 35.4 Å². The van der Waals surface area contributed by atoms with E-state index < -0.39 is 6.10 Å². The van der Waals surface area contributed by atoms with Crippen LogP contribution < -0.4 is 5.32 Å². The molecule has 2 atom stereocenters. The number of benzene rings is 1. The third-order valence-electron chi connectivity index (χ3n) is 2.65. The summed E-state index contributed by atoms with van der Waals surface area (Å²) in [6.45, 7) is 1.68. The SMILES string of the molecule is CCC(C(=O)NCC(O)CO)c1ccccc1. The lowest BCUT2D eigenvalue weighted by Crippen LogP contribution is -2.36. The van der Waals surface area contributed by atoms with Crippen molar-refractivity contribution < 1.29 is 15.0 Å². The minimum atomic E-state index is -0.896. The number of carbonyl (C=O) groups excluding carboxylic acids is 1. The number of rotatable bonds is 6. The fraction of sp³-hybridized carbons (Fsp3) is 0.462. The van der Waals surface area contributed by atoms with E-state index in [0.29, 0.717) is 6.42 Å². The van der Waals surface area contributed by atoms with Gasteiger partial charge in [0.05, 0.1) is 18.6 Å². The summed E-state index contributed by atoms with van der Waals surface area (Å²) >= 11 is 0. The molecule has 4 nitrogen and oxygen atoms in total. The van der Waals surface area contributed by atoms with Crippen LogP contribution in [0.2, 0.25) is 0 Å². The van der Waals surface area contributed by atoms with Gasteiger partial charge in [-0.2, -0.15) is 0 Å². The van der Waals surface area contributed by atoms with E-state index in [9.17, 15) is 4.79 Å². The summed E-state index contributed by atoms with van der Waals surface area (Å²) in [5, 5.41) is 20.5. The van der Waals surface area contributed by atoms with Crippen molar-refractivity contribution in [2.75, 3.05) is 13.2 Å². The zero-order chi connectivity index (χ0) is 12.7. The van der Waals surface area contributed by atoms with Crippen molar-refractivity contribution >= 4 is 5.91 Å². The standard InChI is InChI=1S/C13H19NO3/c1-2-12(10-6-4-3-5-7-10)13(17)14-8-11(16)9-15/h3-7,11-12,15-16H,2,8-9H2,1H3,(H,14,17). The molecule has 1 aromatic rings. The average Bonchev–Trinajstić information content (AvgIpc) is 2.38. The lowest BCUT2D eigenvalue weighted by molar-refractivity contribution is -0.123. The molecule has 1 amide bonds. The van der Waals surface area contributed by atoms with Gasteiger partial charge in [-0.05, 0) is 12.0 Å². The lowest BCUT2D eigenvalue weighted by Gasteiger charge is -2.16. The molecule has 0 fully saturated rings. The van der Waals surface area contributed by atoms with Crippen molar-refractivity contribution in [1.29, 1.82) is 0 Å². The highest BCUT2D eigenvalue weighted by Crippen LogP contribution is 2.18. The largest absolute Gasteiger partial charge is 0.394 e. The van der Waals surface area contributed by atoms with Crippen molar-refractivity contribution in [3.8, 4) is 0 Å². The highest BCUT2D eigenvalue weighted by Gasteiger charge is 2.18. The number of hydrogen-bond acceptors (Lipinski definition) is 3. The molecule has 0 bridgehead atoms. The Bertz CT molecular complexity index is 340. The Morgan fingerprint density at radius 1 is 1.35 bits per heavy atom. The second-order valence-corrected chi connectivity index (χ2v) is 3.95. The minimum absolute atomic E-state index is 0.0820. The molecule has 0 saturated heterocycles. The zero-order valence-corrected chi connectivity index (χ0v) is 9.97. The molecule has 0 aliphatic carbocycles. The molecule has 0 spiro atoms. The molecule has 0 saturated carbocycles. The van der Waals surface area contributed by atoms with Crippen molar-refractivity contribution in [1.82, 2.24) is 5.32 Å². The highest BCUT2D eigenvalue weighted by molar-refractivity contribution is 5.83. The predicted octanol–water partition coefficient (Wildman–Crippen LogP) is 0.650. The molecule has 4 heteroatoms. The Hall–Kier alpha value is -1.39. The normalized spacial score (nSPS) is 14.1. The molecule has 17 heavy (non-hydrogen) atoms. The Labute approximate surface area is 101 Å². The maximum atomic E-state index is 11.9. The van der Waals surface area contributed by atoms with Crippen LogP contribution in [0.4, 0.5) is 0 Å². The van der Waals surface area contributed by atoms with Crippen molar-refractivity contribution in [2.24, 2.45) is 0 Å². The van der Waals surface area contributed by atoms with Crippen LogP contribution in [-0.2, 0) is 4.79 Å². The molecular weight excluding hydrogens is 218 g/mol. The van der Waals surface area contributed by atoms with Crippen LogP contribution in [0.25, 0.3) is 0 Å². The van der Waals surface area contributed by atoms with Crippen LogP contribution in [0.1, 0.15) is 24.8 Å². The first kappa shape index (κ1) is 13.7. The molecule has 1 rings (SSSR count). The first-order valence-electron chi connectivity index (χ1n) is 5.80. The van der Waals surface area contributed by atoms with Gasteiger partial charge >= 0.3 is 0 Å². The van der Waals surface area contributed by atoms with Crippen LogP contribution in [0.5, 0.6) is 0 Å². The van der Waals surface area contributed by atoms with Gasteiger partial charge in [0.15, 0.2) is 0 Å². The third-order valence-corrected chi connectivity index (χ3v) is 2.65. The van der Waals surface area contributed by atoms with Gasteiger partial charge < -0.3 is 15.5 Å². The van der Waals surface area contributed by atoms with E-state index in [1.807, 2.05) is 37.3 Å². The molecule has 2 unspecified atom stereocenters. The van der Waals surface area contributed by atoms with E-state index in [0.717, 1.165) is 5.56 Å². The van der Waals surface area contributed by atoms with E-state index in [2.05, 4.69) is 5.32 Å². The molecule has 3 N–H and O–H groups in total. The molecule has 0 aliphatic rings. The summed E-state index contributed by atoms with van der Waals surface area (Å²) in [5.74, 6) is -0.326. The van der Waals surface area contributed by atoms with Gasteiger partial charge in [-0.1, -0.05) is 37.3 Å². The van der Waals surface area contributed by atoms with E-state index in [-0.39, 0.29) is 25.0 Å². The van der Waals surface area contributed by atoms with E-state index in [4.69, 9.17) is 10.2 Å². The molecular formula is C13H19NO3. The van der Waals surface area contributed by atoms with Crippen LogP contribution >= 0.6 is 0 Å². The summed E-state index contributed by atoms with van der Waals surface area (Å²) in [4.78, 5) is 11.9. The fourth-order valence-electron chi connectivity index (χ4n) is 1.66. The highest BCUT2D eigenvalue weighted by atomic mass is 16.3. The van der Waals surface area contributed by atoms with Gasteiger partial charge in [0.1, 0.15) is 0 Å². The number of aliphatic hydroxyl groups is 2. The van der Waals surface area contributed by atoms with Crippen LogP contribution in [0.15, 0.2) is 30.3 Å². The van der Waals surface area contributed by atoms with E-state index in [1.54, 1.807) is 0 Å². The maximum Gasteiger partial charge on any atom is 0.227 e. The molecule has 94 valence electrons. The molecule has 0 heterocycles. The summed E-state index contributed by atoms with van der Waals surface area (Å²) < 4.78 is 0. The first-order chi connectivity index (χ1) is 8.19. The monoisotopic (exact) mass is 237 g/mol. The van der Waals surface area contributed by atoms with Gasteiger partial charge in [-0.15, -0.1) is 0 Å². The summed E-state index contributed by atoms with van der Waals surface area (Å²) in [7, 11) is 0. The average molecular weight is 237 g/mol. The smallest absolute Gasteiger partial charge is 0.227 e. The Morgan fingerprint density at radius 2 is 2.00 bits per heavy atom. The summed E-state index contributed by atoms with van der Waals surface area (Å²) in [5.41, 5.74) is 0.964. The Balaban J connectivity index is 2.59. The molecule has 0 aliphatic heterocycles.